The van der Waals surface area contributed by atoms with Crippen LogP contribution in [0, 0.1) is 13.8 Å². The van der Waals surface area contributed by atoms with Crippen molar-refractivity contribution in [3.8, 4) is 5.75 Å². The summed E-state index contributed by atoms with van der Waals surface area (Å²) in [5, 5.41) is 2.53. The minimum absolute atomic E-state index is 0.297. The molecule has 25 heavy (non-hydrogen) atoms. The van der Waals surface area contributed by atoms with Crippen LogP contribution in [0.5, 0.6) is 5.75 Å². The van der Waals surface area contributed by atoms with E-state index < -0.39 is 17.6 Å². The summed E-state index contributed by atoms with van der Waals surface area (Å²) in [4.78, 5) is 12.0. The summed E-state index contributed by atoms with van der Waals surface area (Å²) < 4.78 is 42.7. The largest absolute Gasteiger partial charge is 0.497 e. The fourth-order valence-corrected chi connectivity index (χ4v) is 2.40. The van der Waals surface area contributed by atoms with Crippen LogP contribution in [0.1, 0.15) is 22.3 Å². The van der Waals surface area contributed by atoms with E-state index in [1.54, 1.807) is 13.2 Å². The highest BCUT2D eigenvalue weighted by atomic mass is 19.4. The minimum Gasteiger partial charge on any atom is -0.497 e. The van der Waals surface area contributed by atoms with E-state index in [2.05, 4.69) is 5.32 Å². The normalized spacial score (nSPS) is 11.6. The van der Waals surface area contributed by atoms with Crippen LogP contribution in [-0.4, -0.2) is 13.0 Å². The highest BCUT2D eigenvalue weighted by Gasteiger charge is 2.29. The summed E-state index contributed by atoms with van der Waals surface area (Å²) in [6.45, 7) is 3.81. The molecule has 0 spiro atoms. The first-order valence-electron chi connectivity index (χ1n) is 7.52. The summed E-state index contributed by atoms with van der Waals surface area (Å²) in [5.41, 5.74) is 2.34. The molecule has 0 atom stereocenters. The van der Waals surface area contributed by atoms with Gasteiger partial charge in [-0.05, 0) is 73.0 Å². The first-order chi connectivity index (χ1) is 11.7. The van der Waals surface area contributed by atoms with E-state index in [1.165, 1.54) is 18.2 Å². The number of nitrogens with one attached hydrogen (secondary N) is 1. The van der Waals surface area contributed by atoms with Gasteiger partial charge in [0.25, 0.3) is 0 Å². The Labute approximate surface area is 144 Å². The van der Waals surface area contributed by atoms with Gasteiger partial charge in [0.2, 0.25) is 5.91 Å². The van der Waals surface area contributed by atoms with Gasteiger partial charge in [0.15, 0.2) is 0 Å². The van der Waals surface area contributed by atoms with Crippen molar-refractivity contribution in [3.63, 3.8) is 0 Å². The predicted molar refractivity (Wildman–Crippen MR) is 91.6 cm³/mol. The van der Waals surface area contributed by atoms with Gasteiger partial charge in [-0.2, -0.15) is 13.2 Å². The van der Waals surface area contributed by atoms with Gasteiger partial charge in [-0.15, -0.1) is 0 Å². The van der Waals surface area contributed by atoms with Crippen molar-refractivity contribution in [1.82, 2.24) is 0 Å². The first kappa shape index (κ1) is 18.6. The number of anilines is 1. The smallest absolute Gasteiger partial charge is 0.416 e. The lowest BCUT2D eigenvalue weighted by atomic mass is 10.0. The maximum atomic E-state index is 12.5. The quantitative estimate of drug-likeness (QED) is 0.791. The first-order valence-corrected chi connectivity index (χ1v) is 7.52. The second kappa shape index (κ2) is 7.42. The highest BCUT2D eigenvalue weighted by molar-refractivity contribution is 6.02. The van der Waals surface area contributed by atoms with E-state index in [4.69, 9.17) is 4.74 Å². The van der Waals surface area contributed by atoms with Gasteiger partial charge in [-0.3, -0.25) is 4.79 Å². The molecule has 0 bridgehead atoms. The Morgan fingerprint density at radius 3 is 2.12 bits per heavy atom. The molecule has 0 heterocycles. The number of amides is 1. The number of hydrogen-bond donors (Lipinski definition) is 1. The summed E-state index contributed by atoms with van der Waals surface area (Å²) in [6, 6.07) is 8.02. The average Bonchev–Trinajstić information content (AvgIpc) is 2.53. The van der Waals surface area contributed by atoms with E-state index in [0.29, 0.717) is 5.69 Å². The third-order valence-electron chi connectivity index (χ3n) is 3.68. The molecule has 6 heteroatoms. The van der Waals surface area contributed by atoms with Gasteiger partial charge < -0.3 is 10.1 Å². The zero-order valence-electron chi connectivity index (χ0n) is 14.1. The molecule has 2 aromatic carbocycles. The zero-order valence-corrected chi connectivity index (χ0v) is 14.1. The molecule has 0 unspecified atom stereocenters. The Balaban J connectivity index is 2.09. The number of hydrogen-bond acceptors (Lipinski definition) is 2. The van der Waals surface area contributed by atoms with E-state index >= 15 is 0 Å². The molecule has 0 aliphatic rings. The van der Waals surface area contributed by atoms with E-state index in [1.807, 2.05) is 26.0 Å². The van der Waals surface area contributed by atoms with Gasteiger partial charge in [-0.25, -0.2) is 0 Å². The van der Waals surface area contributed by atoms with Crippen molar-refractivity contribution < 1.29 is 22.7 Å². The number of methoxy groups -OCH3 is 1. The molecule has 0 aromatic heterocycles. The molecule has 132 valence electrons. The van der Waals surface area contributed by atoms with E-state index in [0.717, 1.165) is 34.6 Å². The van der Waals surface area contributed by atoms with Crippen LogP contribution in [0.15, 0.2) is 42.5 Å². The highest BCUT2D eigenvalue weighted by Crippen LogP contribution is 2.29. The SMILES string of the molecule is COc1cc(C)c(/C=C/C(=O)Nc2ccc(C(F)(F)F)cc2)c(C)c1. The molecular formula is C19H18F3NO2. The summed E-state index contributed by atoms with van der Waals surface area (Å²) in [7, 11) is 1.58. The Morgan fingerprint density at radius 2 is 1.64 bits per heavy atom. The standard InChI is InChI=1S/C19H18F3NO2/c1-12-10-16(25-3)11-13(2)17(12)8-9-18(24)23-15-6-4-14(5-7-15)19(20,21)22/h4-11H,1-3H3,(H,23,24)/b9-8+. The summed E-state index contributed by atoms with van der Waals surface area (Å²) in [5.74, 6) is 0.315. The molecule has 0 aliphatic heterocycles. The van der Waals surface area contributed by atoms with Crippen molar-refractivity contribution in [2.24, 2.45) is 0 Å². The number of benzene rings is 2. The molecule has 2 rings (SSSR count). The van der Waals surface area contributed by atoms with Crippen molar-refractivity contribution >= 4 is 17.7 Å². The number of alkyl halides is 3. The third kappa shape index (κ3) is 4.86. The molecule has 1 N–H and O–H groups in total. The average molecular weight is 349 g/mol. The van der Waals surface area contributed by atoms with Crippen molar-refractivity contribution in [2.45, 2.75) is 20.0 Å². The Hall–Kier alpha value is -2.76. The predicted octanol–water partition coefficient (Wildman–Crippen LogP) is 4.98. The fraction of sp³-hybridized carbons (Fsp3) is 0.211. The molecule has 3 nitrogen and oxygen atoms in total. The number of ether oxygens (including phenoxy) is 1. The van der Waals surface area contributed by atoms with Gasteiger partial charge in [-0.1, -0.05) is 0 Å². The number of aryl methyl sites for hydroxylation is 2. The van der Waals surface area contributed by atoms with Gasteiger partial charge in [0.05, 0.1) is 12.7 Å². The number of rotatable bonds is 4. The van der Waals surface area contributed by atoms with Crippen LogP contribution < -0.4 is 10.1 Å². The van der Waals surface area contributed by atoms with Crippen LogP contribution >= 0.6 is 0 Å². The number of carbonyl (C=O) groups excluding carboxylic acids is 1. The van der Waals surface area contributed by atoms with E-state index in [9.17, 15) is 18.0 Å². The molecular weight excluding hydrogens is 331 g/mol. The monoisotopic (exact) mass is 349 g/mol. The van der Waals surface area contributed by atoms with Crippen molar-refractivity contribution in [1.29, 1.82) is 0 Å². The molecule has 0 saturated carbocycles. The second-order valence-electron chi connectivity index (χ2n) is 5.57. The van der Waals surface area contributed by atoms with Crippen LogP contribution in [0.2, 0.25) is 0 Å². The lowest BCUT2D eigenvalue weighted by Gasteiger charge is -2.09. The molecule has 0 saturated heterocycles. The van der Waals surface area contributed by atoms with Gasteiger partial charge in [0, 0.05) is 11.8 Å². The van der Waals surface area contributed by atoms with Crippen LogP contribution in [0.25, 0.3) is 6.08 Å². The van der Waals surface area contributed by atoms with Gasteiger partial charge >= 0.3 is 6.18 Å². The Morgan fingerprint density at radius 1 is 1.08 bits per heavy atom. The summed E-state index contributed by atoms with van der Waals surface area (Å²) >= 11 is 0. The van der Waals surface area contributed by atoms with Crippen LogP contribution in [-0.2, 0) is 11.0 Å². The molecule has 0 fully saturated rings. The van der Waals surface area contributed by atoms with Crippen molar-refractivity contribution in [3.05, 3.63) is 64.7 Å². The minimum atomic E-state index is -4.40. The molecule has 2 aromatic rings. The lowest BCUT2D eigenvalue weighted by Crippen LogP contribution is -2.09. The van der Waals surface area contributed by atoms with Crippen LogP contribution in [0.4, 0.5) is 18.9 Å². The van der Waals surface area contributed by atoms with Crippen molar-refractivity contribution in [2.75, 3.05) is 12.4 Å². The maximum Gasteiger partial charge on any atom is 0.416 e. The number of carbonyl (C=O) groups is 1. The van der Waals surface area contributed by atoms with Gasteiger partial charge in [0.1, 0.15) is 5.75 Å². The Bertz CT molecular complexity index is 770. The summed E-state index contributed by atoms with van der Waals surface area (Å²) in [6.07, 6.45) is -1.38. The third-order valence-corrected chi connectivity index (χ3v) is 3.68. The van der Waals surface area contributed by atoms with Crippen LogP contribution in [0.3, 0.4) is 0 Å². The van der Waals surface area contributed by atoms with E-state index in [-0.39, 0.29) is 0 Å². The lowest BCUT2D eigenvalue weighted by molar-refractivity contribution is -0.137. The molecule has 0 radical (unpaired) electrons. The topological polar surface area (TPSA) is 38.3 Å². The fourth-order valence-electron chi connectivity index (χ4n) is 2.40. The number of halogens is 3. The molecule has 1 amide bonds. The Kier molecular flexibility index (Phi) is 5.51. The zero-order chi connectivity index (χ0) is 18.6. The second-order valence-corrected chi connectivity index (χ2v) is 5.57. The maximum absolute atomic E-state index is 12.5. The molecule has 0 aliphatic carbocycles.